The van der Waals surface area contributed by atoms with Crippen LogP contribution in [0.1, 0.15) is 19.5 Å². The van der Waals surface area contributed by atoms with Crippen molar-refractivity contribution < 1.29 is 0 Å². The van der Waals surface area contributed by atoms with Crippen molar-refractivity contribution in [1.29, 1.82) is 5.26 Å². The highest BCUT2D eigenvalue weighted by Crippen LogP contribution is 2.17. The predicted octanol–water partition coefficient (Wildman–Crippen LogP) is 1.75. The van der Waals surface area contributed by atoms with E-state index >= 15 is 0 Å². The molecule has 0 saturated carbocycles. The Kier molecular flexibility index (Phi) is 3.66. The Labute approximate surface area is 125 Å². The van der Waals surface area contributed by atoms with Gasteiger partial charge in [0.25, 0.3) is 0 Å². The second-order valence-electron chi connectivity index (χ2n) is 6.13. The van der Waals surface area contributed by atoms with Crippen LogP contribution in [0.15, 0.2) is 30.6 Å². The first-order valence-electron chi connectivity index (χ1n) is 7.40. The molecule has 110 valence electrons. The molecule has 0 bridgehead atoms. The molecule has 1 aliphatic heterocycles. The summed E-state index contributed by atoms with van der Waals surface area (Å²) in [6.07, 6.45) is 4.13. The molecular weight excluding hydrogens is 262 g/mol. The van der Waals surface area contributed by atoms with Crippen molar-refractivity contribution in [2.45, 2.75) is 25.9 Å². The first-order chi connectivity index (χ1) is 10.1. The summed E-state index contributed by atoms with van der Waals surface area (Å²) in [4.78, 5) is 9.31. The molecule has 0 unspecified atom stereocenters. The van der Waals surface area contributed by atoms with Crippen LogP contribution in [0.3, 0.4) is 0 Å². The molecule has 1 saturated heterocycles. The summed E-state index contributed by atoms with van der Waals surface area (Å²) in [5.41, 5.74) is 1.74. The SMILES string of the molecule is CC(C)(C#N)N1CCN(Cc2cn3ccccc3n2)CC1. The fourth-order valence-electron chi connectivity index (χ4n) is 2.83. The monoisotopic (exact) mass is 283 g/mol. The van der Waals surface area contributed by atoms with Crippen LogP contribution in [-0.2, 0) is 6.54 Å². The zero-order valence-corrected chi connectivity index (χ0v) is 12.7. The minimum absolute atomic E-state index is 0.366. The van der Waals surface area contributed by atoms with Gasteiger partial charge in [-0.25, -0.2) is 4.98 Å². The normalized spacial score (nSPS) is 18.0. The number of pyridine rings is 1. The second-order valence-corrected chi connectivity index (χ2v) is 6.13. The summed E-state index contributed by atoms with van der Waals surface area (Å²) in [6, 6.07) is 8.43. The van der Waals surface area contributed by atoms with E-state index in [0.717, 1.165) is 44.1 Å². The molecule has 3 heterocycles. The molecule has 0 spiro atoms. The number of hydrogen-bond acceptors (Lipinski definition) is 4. The maximum absolute atomic E-state index is 9.21. The van der Waals surface area contributed by atoms with Gasteiger partial charge in [-0.1, -0.05) is 6.07 Å². The Morgan fingerprint density at radius 2 is 2.00 bits per heavy atom. The molecule has 0 N–H and O–H groups in total. The minimum Gasteiger partial charge on any atom is -0.307 e. The number of imidazole rings is 1. The van der Waals surface area contributed by atoms with Crippen molar-refractivity contribution in [1.82, 2.24) is 19.2 Å². The summed E-state index contributed by atoms with van der Waals surface area (Å²) >= 11 is 0. The van der Waals surface area contributed by atoms with E-state index in [9.17, 15) is 5.26 Å². The third-order valence-electron chi connectivity index (χ3n) is 4.24. The molecule has 0 aliphatic carbocycles. The van der Waals surface area contributed by atoms with E-state index in [4.69, 9.17) is 0 Å². The van der Waals surface area contributed by atoms with Gasteiger partial charge in [-0.3, -0.25) is 9.80 Å². The van der Waals surface area contributed by atoms with Crippen LogP contribution in [-0.4, -0.2) is 50.9 Å². The van der Waals surface area contributed by atoms with Crippen LogP contribution in [0.25, 0.3) is 5.65 Å². The van der Waals surface area contributed by atoms with Gasteiger partial charge in [0, 0.05) is 45.1 Å². The molecule has 5 heteroatoms. The maximum Gasteiger partial charge on any atom is 0.137 e. The highest BCUT2D eigenvalue weighted by Gasteiger charge is 2.29. The van der Waals surface area contributed by atoms with Crippen molar-refractivity contribution in [3.63, 3.8) is 0 Å². The van der Waals surface area contributed by atoms with Gasteiger partial charge in [0.05, 0.1) is 11.8 Å². The standard InChI is InChI=1S/C16H21N5/c1-16(2,13-17)21-9-7-19(8-10-21)11-14-12-20-6-4-3-5-15(20)18-14/h3-6,12H,7-11H2,1-2H3. The zero-order valence-electron chi connectivity index (χ0n) is 12.7. The van der Waals surface area contributed by atoms with E-state index in [1.54, 1.807) is 0 Å². The summed E-state index contributed by atoms with van der Waals surface area (Å²) in [7, 11) is 0. The molecule has 0 atom stereocenters. The quantitative estimate of drug-likeness (QED) is 0.861. The molecule has 1 aliphatic rings. The Morgan fingerprint density at radius 1 is 1.24 bits per heavy atom. The Bertz CT molecular complexity index is 626. The number of aromatic nitrogens is 2. The van der Waals surface area contributed by atoms with Crippen molar-refractivity contribution in [2.75, 3.05) is 26.2 Å². The topological polar surface area (TPSA) is 47.6 Å². The van der Waals surface area contributed by atoms with Gasteiger partial charge in [-0.05, 0) is 26.0 Å². The lowest BCUT2D eigenvalue weighted by Gasteiger charge is -2.40. The van der Waals surface area contributed by atoms with Crippen molar-refractivity contribution in [2.24, 2.45) is 0 Å². The van der Waals surface area contributed by atoms with Crippen LogP contribution in [0.5, 0.6) is 0 Å². The molecule has 5 nitrogen and oxygen atoms in total. The molecule has 0 radical (unpaired) electrons. The zero-order chi connectivity index (χ0) is 14.9. The lowest BCUT2D eigenvalue weighted by molar-refractivity contribution is 0.0758. The Hall–Kier alpha value is -1.90. The minimum atomic E-state index is -0.366. The summed E-state index contributed by atoms with van der Waals surface area (Å²) in [5, 5.41) is 9.21. The number of nitriles is 1. The van der Waals surface area contributed by atoms with Crippen LogP contribution >= 0.6 is 0 Å². The maximum atomic E-state index is 9.21. The summed E-state index contributed by atoms with van der Waals surface area (Å²) in [6.45, 7) is 8.71. The van der Waals surface area contributed by atoms with Crippen LogP contribution in [0.4, 0.5) is 0 Å². The fraction of sp³-hybridized carbons (Fsp3) is 0.500. The largest absolute Gasteiger partial charge is 0.307 e. The van der Waals surface area contributed by atoms with Crippen LogP contribution in [0, 0.1) is 11.3 Å². The fourth-order valence-corrected chi connectivity index (χ4v) is 2.83. The number of rotatable bonds is 3. The highest BCUT2D eigenvalue weighted by atomic mass is 15.3. The smallest absolute Gasteiger partial charge is 0.137 e. The number of nitrogens with zero attached hydrogens (tertiary/aromatic N) is 5. The molecular formula is C16H21N5. The van der Waals surface area contributed by atoms with Gasteiger partial charge in [0.15, 0.2) is 0 Å². The molecule has 0 amide bonds. The first-order valence-corrected chi connectivity index (χ1v) is 7.40. The number of fused-ring (bicyclic) bond motifs is 1. The van der Waals surface area contributed by atoms with Gasteiger partial charge in [-0.2, -0.15) is 5.26 Å². The average Bonchev–Trinajstić information content (AvgIpc) is 2.90. The van der Waals surface area contributed by atoms with E-state index in [1.807, 2.05) is 38.2 Å². The van der Waals surface area contributed by atoms with Crippen molar-refractivity contribution >= 4 is 5.65 Å². The second kappa shape index (κ2) is 5.47. The van der Waals surface area contributed by atoms with Gasteiger partial charge >= 0.3 is 0 Å². The Morgan fingerprint density at radius 3 is 2.67 bits per heavy atom. The van der Waals surface area contributed by atoms with Crippen molar-refractivity contribution in [3.8, 4) is 6.07 Å². The lowest BCUT2D eigenvalue weighted by Crippen LogP contribution is -2.53. The molecule has 1 fully saturated rings. The average molecular weight is 283 g/mol. The van der Waals surface area contributed by atoms with Gasteiger partial charge in [0.1, 0.15) is 11.2 Å². The van der Waals surface area contributed by atoms with E-state index < -0.39 is 0 Å². The van der Waals surface area contributed by atoms with E-state index in [0.29, 0.717) is 0 Å². The van der Waals surface area contributed by atoms with Crippen LogP contribution < -0.4 is 0 Å². The first kappa shape index (κ1) is 14.1. The van der Waals surface area contributed by atoms with Crippen molar-refractivity contribution in [3.05, 3.63) is 36.3 Å². The molecule has 2 aromatic heterocycles. The summed E-state index contributed by atoms with van der Waals surface area (Å²) < 4.78 is 2.06. The van der Waals surface area contributed by atoms with E-state index in [-0.39, 0.29) is 5.54 Å². The third-order valence-corrected chi connectivity index (χ3v) is 4.24. The van der Waals surface area contributed by atoms with Gasteiger partial charge < -0.3 is 4.40 Å². The predicted molar refractivity (Wildman–Crippen MR) is 81.7 cm³/mol. The Balaban J connectivity index is 1.62. The molecule has 3 rings (SSSR count). The van der Waals surface area contributed by atoms with E-state index in [2.05, 4.69) is 31.5 Å². The van der Waals surface area contributed by atoms with E-state index in [1.165, 1.54) is 0 Å². The molecule has 21 heavy (non-hydrogen) atoms. The number of piperazine rings is 1. The molecule has 2 aromatic rings. The van der Waals surface area contributed by atoms with Crippen LogP contribution in [0.2, 0.25) is 0 Å². The highest BCUT2D eigenvalue weighted by molar-refractivity contribution is 5.39. The summed E-state index contributed by atoms with van der Waals surface area (Å²) in [5.74, 6) is 0. The lowest BCUT2D eigenvalue weighted by atomic mass is 10.0. The van der Waals surface area contributed by atoms with Gasteiger partial charge in [-0.15, -0.1) is 0 Å². The third kappa shape index (κ3) is 2.92. The molecule has 0 aromatic carbocycles. The van der Waals surface area contributed by atoms with Gasteiger partial charge in [0.2, 0.25) is 0 Å². The number of hydrogen-bond donors (Lipinski definition) is 0.